The third-order valence-corrected chi connectivity index (χ3v) is 4.50. The SMILES string of the molecule is C=CC(=O)Nc1ccc(O)c(C(=O)Nc2ccc(N3CCOCC3)c(C)c2)c1. The molecule has 1 saturated heterocycles. The molecule has 0 spiro atoms. The summed E-state index contributed by atoms with van der Waals surface area (Å²) in [5, 5.41) is 15.4. The Balaban J connectivity index is 1.75. The van der Waals surface area contributed by atoms with Gasteiger partial charge in [0.25, 0.3) is 5.91 Å². The van der Waals surface area contributed by atoms with Crippen molar-refractivity contribution in [3.8, 4) is 5.75 Å². The van der Waals surface area contributed by atoms with Crippen molar-refractivity contribution >= 4 is 28.9 Å². The van der Waals surface area contributed by atoms with Gasteiger partial charge in [0.15, 0.2) is 0 Å². The highest BCUT2D eigenvalue weighted by atomic mass is 16.5. The molecule has 7 nitrogen and oxygen atoms in total. The summed E-state index contributed by atoms with van der Waals surface area (Å²) in [5.74, 6) is -1.03. The number of phenols is 1. The summed E-state index contributed by atoms with van der Waals surface area (Å²) in [4.78, 5) is 26.3. The van der Waals surface area contributed by atoms with Crippen LogP contribution in [0.25, 0.3) is 0 Å². The summed E-state index contributed by atoms with van der Waals surface area (Å²) >= 11 is 0. The lowest BCUT2D eigenvalue weighted by Gasteiger charge is -2.30. The molecule has 1 aliphatic rings. The fraction of sp³-hybridized carbons (Fsp3) is 0.238. The summed E-state index contributed by atoms with van der Waals surface area (Å²) in [6.07, 6.45) is 1.13. The zero-order valence-electron chi connectivity index (χ0n) is 15.7. The highest BCUT2D eigenvalue weighted by molar-refractivity contribution is 6.07. The van der Waals surface area contributed by atoms with Crippen molar-refractivity contribution < 1.29 is 19.4 Å². The normalized spacial score (nSPS) is 13.7. The predicted octanol–water partition coefficient (Wildman–Crippen LogP) is 2.91. The number of amides is 2. The van der Waals surface area contributed by atoms with Crippen molar-refractivity contribution in [1.29, 1.82) is 0 Å². The van der Waals surface area contributed by atoms with Crippen molar-refractivity contribution in [3.63, 3.8) is 0 Å². The van der Waals surface area contributed by atoms with Crippen molar-refractivity contribution in [1.82, 2.24) is 0 Å². The molecule has 2 aromatic carbocycles. The second kappa shape index (κ2) is 8.58. The number of rotatable bonds is 5. The van der Waals surface area contributed by atoms with E-state index in [0.29, 0.717) is 24.6 Å². The maximum Gasteiger partial charge on any atom is 0.259 e. The molecule has 3 rings (SSSR count). The van der Waals surface area contributed by atoms with E-state index in [0.717, 1.165) is 30.4 Å². The van der Waals surface area contributed by atoms with E-state index in [9.17, 15) is 14.7 Å². The van der Waals surface area contributed by atoms with E-state index in [2.05, 4.69) is 22.1 Å². The quantitative estimate of drug-likeness (QED) is 0.547. The van der Waals surface area contributed by atoms with Gasteiger partial charge in [0, 0.05) is 30.2 Å². The van der Waals surface area contributed by atoms with Gasteiger partial charge in [-0.25, -0.2) is 0 Å². The van der Waals surface area contributed by atoms with Crippen molar-refractivity contribution in [2.75, 3.05) is 41.8 Å². The topological polar surface area (TPSA) is 90.9 Å². The molecule has 2 aromatic rings. The Morgan fingerprint density at radius 1 is 1.11 bits per heavy atom. The first-order valence-corrected chi connectivity index (χ1v) is 8.99. The number of anilines is 3. The van der Waals surface area contributed by atoms with Crippen LogP contribution >= 0.6 is 0 Å². The van der Waals surface area contributed by atoms with Gasteiger partial charge < -0.3 is 25.4 Å². The highest BCUT2D eigenvalue weighted by Gasteiger charge is 2.16. The first-order chi connectivity index (χ1) is 13.5. The third kappa shape index (κ3) is 4.50. The number of nitrogens with zero attached hydrogens (tertiary/aromatic N) is 1. The molecule has 0 atom stereocenters. The molecule has 0 aliphatic carbocycles. The molecule has 1 aliphatic heterocycles. The Labute approximate surface area is 163 Å². The molecule has 0 unspecified atom stereocenters. The number of benzene rings is 2. The molecule has 2 amide bonds. The van der Waals surface area contributed by atoms with E-state index < -0.39 is 11.8 Å². The molecule has 0 saturated carbocycles. The van der Waals surface area contributed by atoms with Gasteiger partial charge in [-0.3, -0.25) is 9.59 Å². The Bertz CT molecular complexity index is 905. The number of aromatic hydroxyl groups is 1. The van der Waals surface area contributed by atoms with E-state index in [1.54, 1.807) is 0 Å². The highest BCUT2D eigenvalue weighted by Crippen LogP contribution is 2.26. The number of morpholine rings is 1. The van der Waals surface area contributed by atoms with Gasteiger partial charge in [-0.1, -0.05) is 6.58 Å². The molecule has 3 N–H and O–H groups in total. The van der Waals surface area contributed by atoms with Crippen LogP contribution in [0.3, 0.4) is 0 Å². The van der Waals surface area contributed by atoms with Crippen LogP contribution in [-0.2, 0) is 9.53 Å². The van der Waals surface area contributed by atoms with E-state index in [-0.39, 0.29) is 11.3 Å². The van der Waals surface area contributed by atoms with Crippen LogP contribution in [0.2, 0.25) is 0 Å². The number of hydrogen-bond acceptors (Lipinski definition) is 5. The average Bonchev–Trinajstić information content (AvgIpc) is 2.70. The van der Waals surface area contributed by atoms with Gasteiger partial charge in [-0.05, 0) is 55.0 Å². The first-order valence-electron chi connectivity index (χ1n) is 8.99. The smallest absolute Gasteiger partial charge is 0.259 e. The monoisotopic (exact) mass is 381 g/mol. The van der Waals surface area contributed by atoms with E-state index >= 15 is 0 Å². The number of aryl methyl sites for hydroxylation is 1. The van der Waals surface area contributed by atoms with Gasteiger partial charge in [-0.15, -0.1) is 0 Å². The van der Waals surface area contributed by atoms with Gasteiger partial charge in [0.1, 0.15) is 5.75 Å². The standard InChI is InChI=1S/C21H23N3O4/c1-3-20(26)22-16-5-7-19(25)17(13-16)21(27)23-15-4-6-18(14(2)12-15)24-8-10-28-11-9-24/h3-7,12-13,25H,1,8-11H2,2H3,(H,22,26)(H,23,27). The van der Waals surface area contributed by atoms with Crippen LogP contribution in [0.1, 0.15) is 15.9 Å². The van der Waals surface area contributed by atoms with Crippen molar-refractivity contribution in [2.45, 2.75) is 6.92 Å². The van der Waals surface area contributed by atoms with Gasteiger partial charge >= 0.3 is 0 Å². The van der Waals surface area contributed by atoms with Crippen LogP contribution in [0.4, 0.5) is 17.1 Å². The number of carbonyl (C=O) groups is 2. The number of phenolic OH excluding ortho intramolecular Hbond substituents is 1. The molecular weight excluding hydrogens is 358 g/mol. The molecule has 1 fully saturated rings. The second-order valence-corrected chi connectivity index (χ2v) is 6.48. The molecule has 0 radical (unpaired) electrons. The summed E-state index contributed by atoms with van der Waals surface area (Å²) in [6.45, 7) is 8.46. The number of carbonyl (C=O) groups excluding carboxylic acids is 2. The molecule has 0 aromatic heterocycles. The lowest BCUT2D eigenvalue weighted by molar-refractivity contribution is -0.111. The minimum Gasteiger partial charge on any atom is -0.507 e. The van der Waals surface area contributed by atoms with Gasteiger partial charge in [0.2, 0.25) is 5.91 Å². The van der Waals surface area contributed by atoms with Crippen LogP contribution < -0.4 is 15.5 Å². The molecule has 0 bridgehead atoms. The maximum atomic E-state index is 12.6. The summed E-state index contributed by atoms with van der Waals surface area (Å²) in [5.41, 5.74) is 3.23. The average molecular weight is 381 g/mol. The molecule has 1 heterocycles. The van der Waals surface area contributed by atoms with Crippen LogP contribution in [0.5, 0.6) is 5.75 Å². The maximum absolute atomic E-state index is 12.6. The lowest BCUT2D eigenvalue weighted by Crippen LogP contribution is -2.36. The molecule has 146 valence electrons. The molecule has 7 heteroatoms. The fourth-order valence-corrected chi connectivity index (χ4v) is 3.08. The Morgan fingerprint density at radius 3 is 2.46 bits per heavy atom. The number of hydrogen-bond donors (Lipinski definition) is 3. The molecular formula is C21H23N3O4. The Kier molecular flexibility index (Phi) is 5.96. The van der Waals surface area contributed by atoms with E-state index in [1.165, 1.54) is 18.2 Å². The molecule has 28 heavy (non-hydrogen) atoms. The Morgan fingerprint density at radius 2 is 1.79 bits per heavy atom. The lowest BCUT2D eigenvalue weighted by atomic mass is 10.1. The number of ether oxygens (including phenoxy) is 1. The Hall–Kier alpha value is -3.32. The largest absolute Gasteiger partial charge is 0.507 e. The summed E-state index contributed by atoms with van der Waals surface area (Å²) in [6, 6.07) is 9.98. The third-order valence-electron chi connectivity index (χ3n) is 4.50. The first kappa shape index (κ1) is 19.4. The zero-order valence-corrected chi connectivity index (χ0v) is 15.7. The minimum absolute atomic E-state index is 0.0665. The van der Waals surface area contributed by atoms with E-state index in [4.69, 9.17) is 4.74 Å². The van der Waals surface area contributed by atoms with Crippen molar-refractivity contribution in [2.24, 2.45) is 0 Å². The van der Waals surface area contributed by atoms with E-state index in [1.807, 2.05) is 25.1 Å². The summed E-state index contributed by atoms with van der Waals surface area (Å²) < 4.78 is 5.38. The van der Waals surface area contributed by atoms with Crippen LogP contribution in [0.15, 0.2) is 49.1 Å². The second-order valence-electron chi connectivity index (χ2n) is 6.48. The van der Waals surface area contributed by atoms with Gasteiger partial charge in [0.05, 0.1) is 18.8 Å². The number of nitrogens with one attached hydrogen (secondary N) is 2. The van der Waals surface area contributed by atoms with Crippen LogP contribution in [0, 0.1) is 6.92 Å². The summed E-state index contributed by atoms with van der Waals surface area (Å²) in [7, 11) is 0. The predicted molar refractivity (Wildman–Crippen MR) is 109 cm³/mol. The fourth-order valence-electron chi connectivity index (χ4n) is 3.08. The van der Waals surface area contributed by atoms with Crippen molar-refractivity contribution in [3.05, 3.63) is 60.2 Å². The minimum atomic E-state index is -0.467. The zero-order chi connectivity index (χ0) is 20.1. The van der Waals surface area contributed by atoms with Gasteiger partial charge in [-0.2, -0.15) is 0 Å². The van der Waals surface area contributed by atoms with Crippen LogP contribution in [-0.4, -0.2) is 43.2 Å².